The first-order valence-electron chi connectivity index (χ1n) is 8.26. The zero-order valence-electron chi connectivity index (χ0n) is 13.7. The van der Waals surface area contributed by atoms with Crippen molar-refractivity contribution in [2.45, 2.75) is 83.4 Å². The van der Waals surface area contributed by atoms with Gasteiger partial charge in [-0.2, -0.15) is 0 Å². The first kappa shape index (κ1) is 16.3. The minimum atomic E-state index is -0.430. The summed E-state index contributed by atoms with van der Waals surface area (Å²) in [6.45, 7) is 5.69. The second-order valence-corrected chi connectivity index (χ2v) is 7.54. The molecule has 2 aliphatic rings. The van der Waals surface area contributed by atoms with Gasteiger partial charge in [0.1, 0.15) is 5.60 Å². The average molecular weight is 294 g/mol. The lowest BCUT2D eigenvalue weighted by Crippen LogP contribution is -2.41. The van der Waals surface area contributed by atoms with Crippen molar-refractivity contribution in [3.8, 4) is 0 Å². The van der Waals surface area contributed by atoms with Gasteiger partial charge < -0.3 is 15.8 Å². The van der Waals surface area contributed by atoms with Crippen LogP contribution in [0.4, 0.5) is 4.79 Å². The van der Waals surface area contributed by atoms with Crippen molar-refractivity contribution in [1.29, 1.82) is 0 Å². The van der Waals surface area contributed by atoms with Crippen LogP contribution in [0, 0.1) is 5.92 Å². The van der Waals surface area contributed by atoms with E-state index in [0.29, 0.717) is 12.0 Å². The smallest absolute Gasteiger partial charge is 0.407 e. The minimum Gasteiger partial charge on any atom is -0.444 e. The lowest BCUT2D eigenvalue weighted by molar-refractivity contribution is 0.0492. The number of nitrogens with two attached hydrogens (primary N) is 1. The number of rotatable bonds is 3. The lowest BCUT2D eigenvalue weighted by Gasteiger charge is -2.26. The predicted molar refractivity (Wildman–Crippen MR) is 85.0 cm³/mol. The third kappa shape index (κ3) is 5.34. The quantitative estimate of drug-likeness (QED) is 0.783. The lowest BCUT2D eigenvalue weighted by atomic mass is 9.87. The van der Waals surface area contributed by atoms with E-state index in [2.05, 4.69) is 11.4 Å². The van der Waals surface area contributed by atoms with Crippen LogP contribution in [0.2, 0.25) is 0 Å². The fourth-order valence-corrected chi connectivity index (χ4v) is 3.36. The molecular weight excluding hydrogens is 264 g/mol. The van der Waals surface area contributed by atoms with E-state index in [-0.39, 0.29) is 12.1 Å². The van der Waals surface area contributed by atoms with Crippen LogP contribution in [0.3, 0.4) is 0 Å². The predicted octanol–water partition coefficient (Wildman–Crippen LogP) is 3.51. The summed E-state index contributed by atoms with van der Waals surface area (Å²) in [5, 5.41) is 3.07. The number of hydrogen-bond donors (Lipinski definition) is 2. The van der Waals surface area contributed by atoms with Crippen LogP contribution in [-0.2, 0) is 4.74 Å². The van der Waals surface area contributed by atoms with Gasteiger partial charge in [0.25, 0.3) is 0 Å². The zero-order chi connectivity index (χ0) is 15.5. The molecule has 0 heterocycles. The van der Waals surface area contributed by atoms with Crippen molar-refractivity contribution in [2.75, 3.05) is 0 Å². The van der Waals surface area contributed by atoms with Crippen LogP contribution in [-0.4, -0.2) is 23.8 Å². The molecule has 21 heavy (non-hydrogen) atoms. The Labute approximate surface area is 128 Å². The summed E-state index contributed by atoms with van der Waals surface area (Å²) in [5.41, 5.74) is 7.04. The number of carbonyl (C=O) groups is 1. The molecule has 1 saturated carbocycles. The third-order valence-corrected chi connectivity index (χ3v) is 4.43. The fraction of sp³-hybridized carbons (Fsp3) is 0.824. The maximum Gasteiger partial charge on any atom is 0.407 e. The Morgan fingerprint density at radius 1 is 1.38 bits per heavy atom. The first-order chi connectivity index (χ1) is 9.83. The van der Waals surface area contributed by atoms with Crippen LogP contribution in [0.25, 0.3) is 0 Å². The van der Waals surface area contributed by atoms with Gasteiger partial charge in [-0.25, -0.2) is 4.79 Å². The Kier molecular flexibility index (Phi) is 5.31. The van der Waals surface area contributed by atoms with E-state index in [4.69, 9.17) is 10.5 Å². The number of carbonyl (C=O) groups excluding carboxylic acids is 1. The molecule has 2 aliphatic carbocycles. The molecule has 0 aromatic heterocycles. The summed E-state index contributed by atoms with van der Waals surface area (Å²) in [5.74, 6) is 0.554. The van der Waals surface area contributed by atoms with Crippen molar-refractivity contribution in [3.05, 3.63) is 11.6 Å². The average Bonchev–Trinajstić information content (AvgIpc) is 2.77. The molecular formula is C17H30N2O2. The second-order valence-electron chi connectivity index (χ2n) is 7.54. The maximum atomic E-state index is 11.9. The Balaban J connectivity index is 1.84. The van der Waals surface area contributed by atoms with Gasteiger partial charge in [0.05, 0.1) is 0 Å². The normalized spacial score (nSPS) is 29.9. The number of amides is 1. The molecule has 0 aromatic rings. The highest BCUT2D eigenvalue weighted by Crippen LogP contribution is 2.33. The molecule has 0 aromatic carbocycles. The van der Waals surface area contributed by atoms with E-state index in [1.807, 2.05) is 20.8 Å². The summed E-state index contributed by atoms with van der Waals surface area (Å²) in [6.07, 6.45) is 9.83. The molecule has 2 rings (SSSR count). The van der Waals surface area contributed by atoms with Crippen LogP contribution in [0.1, 0.15) is 65.7 Å². The minimum absolute atomic E-state index is 0.261. The largest absolute Gasteiger partial charge is 0.444 e. The second kappa shape index (κ2) is 6.82. The topological polar surface area (TPSA) is 64.3 Å². The molecule has 0 bridgehead atoms. The summed E-state index contributed by atoms with van der Waals surface area (Å²) >= 11 is 0. The third-order valence-electron chi connectivity index (χ3n) is 4.43. The molecule has 120 valence electrons. The summed E-state index contributed by atoms with van der Waals surface area (Å²) in [6, 6.07) is 0.601. The van der Waals surface area contributed by atoms with Crippen molar-refractivity contribution in [3.63, 3.8) is 0 Å². The molecule has 0 saturated heterocycles. The SMILES string of the molecule is CC(C)(C)OC(=O)N[C@H]1CCCC1CC1=CCC(N)CC1. The van der Waals surface area contributed by atoms with Gasteiger partial charge in [-0.3, -0.25) is 0 Å². The van der Waals surface area contributed by atoms with Gasteiger partial charge in [0.2, 0.25) is 0 Å². The van der Waals surface area contributed by atoms with Crippen LogP contribution in [0.5, 0.6) is 0 Å². The monoisotopic (exact) mass is 294 g/mol. The Morgan fingerprint density at radius 2 is 2.14 bits per heavy atom. The zero-order valence-corrected chi connectivity index (χ0v) is 13.7. The van der Waals surface area contributed by atoms with Gasteiger partial charge in [0, 0.05) is 12.1 Å². The molecule has 1 fully saturated rings. The number of ether oxygens (including phenoxy) is 1. The molecule has 4 nitrogen and oxygen atoms in total. The molecule has 0 aliphatic heterocycles. The highest BCUT2D eigenvalue weighted by Gasteiger charge is 2.30. The Bertz CT molecular complexity index is 398. The number of hydrogen-bond acceptors (Lipinski definition) is 3. The fourth-order valence-electron chi connectivity index (χ4n) is 3.36. The van der Waals surface area contributed by atoms with E-state index in [0.717, 1.165) is 32.1 Å². The van der Waals surface area contributed by atoms with Crippen LogP contribution >= 0.6 is 0 Å². The molecule has 3 atom stereocenters. The van der Waals surface area contributed by atoms with E-state index >= 15 is 0 Å². The van der Waals surface area contributed by atoms with Gasteiger partial charge >= 0.3 is 6.09 Å². The van der Waals surface area contributed by atoms with Crippen molar-refractivity contribution in [2.24, 2.45) is 11.7 Å². The molecule has 3 N–H and O–H groups in total. The number of allylic oxidation sites excluding steroid dienone is 1. The highest BCUT2D eigenvalue weighted by atomic mass is 16.6. The van der Waals surface area contributed by atoms with E-state index in [1.54, 1.807) is 0 Å². The van der Waals surface area contributed by atoms with E-state index < -0.39 is 5.60 Å². The van der Waals surface area contributed by atoms with E-state index in [9.17, 15) is 4.79 Å². The molecule has 4 heteroatoms. The van der Waals surface area contributed by atoms with E-state index in [1.165, 1.54) is 18.4 Å². The van der Waals surface area contributed by atoms with Crippen LogP contribution in [0.15, 0.2) is 11.6 Å². The molecule has 0 spiro atoms. The Morgan fingerprint density at radius 3 is 2.76 bits per heavy atom. The molecule has 1 amide bonds. The van der Waals surface area contributed by atoms with Crippen molar-refractivity contribution >= 4 is 6.09 Å². The van der Waals surface area contributed by atoms with Gasteiger partial charge in [0.15, 0.2) is 0 Å². The number of alkyl carbamates (subject to hydrolysis) is 1. The summed E-state index contributed by atoms with van der Waals surface area (Å²) in [7, 11) is 0. The summed E-state index contributed by atoms with van der Waals surface area (Å²) in [4.78, 5) is 11.9. The highest BCUT2D eigenvalue weighted by molar-refractivity contribution is 5.68. The Hall–Kier alpha value is -1.03. The van der Waals surface area contributed by atoms with Crippen LogP contribution < -0.4 is 11.1 Å². The first-order valence-corrected chi connectivity index (χ1v) is 8.26. The van der Waals surface area contributed by atoms with Gasteiger partial charge in [-0.15, -0.1) is 0 Å². The van der Waals surface area contributed by atoms with Gasteiger partial charge in [-0.1, -0.05) is 18.1 Å². The molecule has 2 unspecified atom stereocenters. The van der Waals surface area contributed by atoms with Gasteiger partial charge in [-0.05, 0) is 65.2 Å². The van der Waals surface area contributed by atoms with Crippen molar-refractivity contribution in [1.82, 2.24) is 5.32 Å². The van der Waals surface area contributed by atoms with Crippen molar-refractivity contribution < 1.29 is 9.53 Å². The standard InChI is InChI=1S/C17H30N2O2/c1-17(2,3)21-16(20)19-15-6-4-5-13(15)11-12-7-9-14(18)10-8-12/h7,13-15H,4-6,8-11,18H2,1-3H3,(H,19,20)/t13?,14?,15-/m0/s1. The molecule has 0 radical (unpaired) electrons. The maximum absolute atomic E-state index is 11.9. The number of nitrogens with one attached hydrogen (secondary N) is 1. The summed E-state index contributed by atoms with van der Waals surface area (Å²) < 4.78 is 5.37.